The van der Waals surface area contributed by atoms with Crippen LogP contribution in [0.1, 0.15) is 12.8 Å². The molecule has 2 saturated heterocycles. The van der Waals surface area contributed by atoms with Gasteiger partial charge >= 0.3 is 0 Å². The quantitative estimate of drug-likeness (QED) is 0.489. The lowest BCUT2D eigenvalue weighted by atomic mass is 10.0. The number of amides is 3. The molecule has 2 fully saturated rings. The van der Waals surface area contributed by atoms with Gasteiger partial charge in [-0.25, -0.2) is 0 Å². The van der Waals surface area contributed by atoms with E-state index in [-0.39, 0.29) is 18.2 Å². The molecular weight excluding hydrogens is 208 g/mol. The number of likely N-dealkylation sites (tertiary alicyclic amines) is 1. The van der Waals surface area contributed by atoms with E-state index in [1.165, 1.54) is 4.90 Å². The zero-order chi connectivity index (χ0) is 11.9. The summed E-state index contributed by atoms with van der Waals surface area (Å²) in [5.41, 5.74) is 0.986. The summed E-state index contributed by atoms with van der Waals surface area (Å²) in [6.45, 7) is 7.65. The summed E-state index contributed by atoms with van der Waals surface area (Å²) in [4.78, 5) is 35.7. The predicted molar refractivity (Wildman–Crippen MR) is 56.2 cm³/mol. The predicted octanol–water partition coefficient (Wildman–Crippen LogP) is -0.254. The van der Waals surface area contributed by atoms with Crippen molar-refractivity contribution in [3.63, 3.8) is 0 Å². The van der Waals surface area contributed by atoms with E-state index in [0.717, 1.165) is 0 Å². The third-order valence-electron chi connectivity index (χ3n) is 2.89. The van der Waals surface area contributed by atoms with Crippen LogP contribution in [0.4, 0.5) is 0 Å². The number of carbonyl (C=O) groups is 3. The van der Waals surface area contributed by atoms with E-state index >= 15 is 0 Å². The van der Waals surface area contributed by atoms with E-state index in [2.05, 4.69) is 18.5 Å². The Morgan fingerprint density at radius 1 is 1.25 bits per heavy atom. The van der Waals surface area contributed by atoms with E-state index in [9.17, 15) is 14.4 Å². The van der Waals surface area contributed by atoms with Gasteiger partial charge in [0.15, 0.2) is 0 Å². The van der Waals surface area contributed by atoms with Gasteiger partial charge in [0.05, 0.1) is 0 Å². The smallest absolute Gasteiger partial charge is 0.254 e. The Morgan fingerprint density at radius 2 is 1.94 bits per heavy atom. The maximum atomic E-state index is 11.7. The van der Waals surface area contributed by atoms with Crippen molar-refractivity contribution >= 4 is 17.7 Å². The van der Waals surface area contributed by atoms with Crippen LogP contribution in [0.2, 0.25) is 0 Å². The summed E-state index contributed by atoms with van der Waals surface area (Å²) in [6.07, 6.45) is 0.635. The summed E-state index contributed by atoms with van der Waals surface area (Å²) in [5.74, 6) is -0.961. The fourth-order valence-electron chi connectivity index (χ4n) is 1.93. The molecule has 84 valence electrons. The minimum Gasteiger partial charge on any atom is -0.322 e. The lowest BCUT2D eigenvalue weighted by Gasteiger charge is -2.28. The first-order valence-corrected chi connectivity index (χ1v) is 5.02. The van der Waals surface area contributed by atoms with E-state index in [0.29, 0.717) is 24.1 Å². The van der Waals surface area contributed by atoms with Crippen LogP contribution in [-0.2, 0) is 14.4 Å². The van der Waals surface area contributed by atoms with Gasteiger partial charge in [-0.2, -0.15) is 0 Å². The highest BCUT2D eigenvalue weighted by Gasteiger charge is 2.39. The SMILES string of the molecule is C=C1CN(C2CCC(=O)NC2=O)C(=O)C1=C. The Bertz CT molecular complexity index is 425. The van der Waals surface area contributed by atoms with E-state index in [4.69, 9.17) is 0 Å². The minimum atomic E-state index is -0.568. The summed E-state index contributed by atoms with van der Waals surface area (Å²) in [5, 5.41) is 2.23. The van der Waals surface area contributed by atoms with Crippen molar-refractivity contribution in [2.75, 3.05) is 6.54 Å². The van der Waals surface area contributed by atoms with Crippen molar-refractivity contribution in [2.45, 2.75) is 18.9 Å². The molecule has 0 aromatic heterocycles. The molecule has 16 heavy (non-hydrogen) atoms. The average Bonchev–Trinajstić information content (AvgIpc) is 2.46. The molecule has 0 spiro atoms. The van der Waals surface area contributed by atoms with Gasteiger partial charge in [-0.3, -0.25) is 19.7 Å². The number of carbonyl (C=O) groups excluding carboxylic acids is 3. The topological polar surface area (TPSA) is 66.5 Å². The molecule has 0 radical (unpaired) electrons. The fraction of sp³-hybridized carbons (Fsp3) is 0.364. The first-order valence-electron chi connectivity index (χ1n) is 5.02. The number of nitrogens with one attached hydrogen (secondary N) is 1. The standard InChI is InChI=1S/C11H12N2O3/c1-6-5-13(11(16)7(6)2)8-3-4-9(14)12-10(8)15/h8H,1-5H2,(H,12,14,15). The molecule has 2 rings (SSSR count). The van der Waals surface area contributed by atoms with Crippen LogP contribution in [0.5, 0.6) is 0 Å². The van der Waals surface area contributed by atoms with E-state index in [1.54, 1.807) is 0 Å². The van der Waals surface area contributed by atoms with Gasteiger partial charge in [-0.05, 0) is 12.0 Å². The van der Waals surface area contributed by atoms with Crippen LogP contribution < -0.4 is 5.32 Å². The summed E-state index contributed by atoms with van der Waals surface area (Å²) >= 11 is 0. The highest BCUT2D eigenvalue weighted by Crippen LogP contribution is 2.25. The molecule has 1 atom stereocenters. The zero-order valence-corrected chi connectivity index (χ0v) is 8.78. The van der Waals surface area contributed by atoms with Crippen LogP contribution >= 0.6 is 0 Å². The summed E-state index contributed by atoms with van der Waals surface area (Å²) in [7, 11) is 0. The van der Waals surface area contributed by atoms with Crippen molar-refractivity contribution in [1.29, 1.82) is 0 Å². The largest absolute Gasteiger partial charge is 0.322 e. The first-order chi connectivity index (χ1) is 7.50. The lowest BCUT2D eigenvalue weighted by Crippen LogP contribution is -2.52. The van der Waals surface area contributed by atoms with Gasteiger partial charge in [0, 0.05) is 18.5 Å². The molecule has 2 heterocycles. The third-order valence-corrected chi connectivity index (χ3v) is 2.89. The molecule has 5 heteroatoms. The lowest BCUT2D eigenvalue weighted by molar-refractivity contribution is -0.142. The number of piperidine rings is 1. The maximum Gasteiger partial charge on any atom is 0.254 e. The highest BCUT2D eigenvalue weighted by atomic mass is 16.2. The second kappa shape index (κ2) is 3.59. The number of rotatable bonds is 1. The number of hydrogen-bond acceptors (Lipinski definition) is 3. The number of nitrogens with zero attached hydrogens (tertiary/aromatic N) is 1. The molecule has 1 unspecified atom stereocenters. The molecule has 2 aliphatic rings. The van der Waals surface area contributed by atoms with Crippen molar-refractivity contribution in [3.05, 3.63) is 24.3 Å². The molecule has 1 N–H and O–H groups in total. The molecule has 0 saturated carbocycles. The van der Waals surface area contributed by atoms with E-state index in [1.807, 2.05) is 0 Å². The van der Waals surface area contributed by atoms with Gasteiger partial charge in [0.25, 0.3) is 5.91 Å². The van der Waals surface area contributed by atoms with Crippen molar-refractivity contribution in [2.24, 2.45) is 0 Å². The van der Waals surface area contributed by atoms with Gasteiger partial charge in [0.2, 0.25) is 11.8 Å². The molecule has 0 aliphatic carbocycles. The zero-order valence-electron chi connectivity index (χ0n) is 8.78. The van der Waals surface area contributed by atoms with Crippen molar-refractivity contribution in [1.82, 2.24) is 10.2 Å². The minimum absolute atomic E-state index is 0.263. The molecule has 5 nitrogen and oxygen atoms in total. The van der Waals surface area contributed by atoms with Crippen molar-refractivity contribution < 1.29 is 14.4 Å². The monoisotopic (exact) mass is 220 g/mol. The van der Waals surface area contributed by atoms with Crippen LogP contribution in [0.3, 0.4) is 0 Å². The summed E-state index contributed by atoms with van der Waals surface area (Å²) < 4.78 is 0. The molecule has 2 aliphatic heterocycles. The van der Waals surface area contributed by atoms with E-state index < -0.39 is 11.9 Å². The number of imide groups is 1. The molecular formula is C11H12N2O3. The number of hydrogen-bond donors (Lipinski definition) is 1. The Balaban J connectivity index is 2.17. The van der Waals surface area contributed by atoms with Crippen LogP contribution in [-0.4, -0.2) is 35.2 Å². The van der Waals surface area contributed by atoms with Gasteiger partial charge < -0.3 is 4.90 Å². The Labute approximate surface area is 92.8 Å². The molecule has 0 bridgehead atoms. The maximum absolute atomic E-state index is 11.7. The van der Waals surface area contributed by atoms with Gasteiger partial charge in [0.1, 0.15) is 6.04 Å². The Kier molecular flexibility index (Phi) is 2.38. The molecule has 0 aromatic carbocycles. The normalized spacial score (nSPS) is 26.4. The second-order valence-electron chi connectivity index (χ2n) is 3.98. The first kappa shape index (κ1) is 10.6. The molecule has 0 aromatic rings. The highest BCUT2D eigenvalue weighted by molar-refractivity contribution is 6.06. The average molecular weight is 220 g/mol. The van der Waals surface area contributed by atoms with Gasteiger partial charge in [-0.15, -0.1) is 0 Å². The summed E-state index contributed by atoms with van der Waals surface area (Å²) in [6, 6.07) is -0.568. The van der Waals surface area contributed by atoms with Crippen LogP contribution in [0.15, 0.2) is 24.3 Å². The fourth-order valence-corrected chi connectivity index (χ4v) is 1.93. The third kappa shape index (κ3) is 1.54. The van der Waals surface area contributed by atoms with Gasteiger partial charge in [-0.1, -0.05) is 13.2 Å². The Hall–Kier alpha value is -1.91. The molecule has 3 amide bonds. The Morgan fingerprint density at radius 3 is 2.44 bits per heavy atom. The second-order valence-corrected chi connectivity index (χ2v) is 3.98. The van der Waals surface area contributed by atoms with Crippen molar-refractivity contribution in [3.8, 4) is 0 Å². The van der Waals surface area contributed by atoms with Crippen LogP contribution in [0.25, 0.3) is 0 Å². The van der Waals surface area contributed by atoms with Crippen LogP contribution in [0, 0.1) is 0 Å².